The maximum atomic E-state index is 11.8. The summed E-state index contributed by atoms with van der Waals surface area (Å²) in [7, 11) is 0. The van der Waals surface area contributed by atoms with Gasteiger partial charge in [-0.3, -0.25) is 4.79 Å². The predicted molar refractivity (Wildman–Crippen MR) is 83.5 cm³/mol. The van der Waals surface area contributed by atoms with Gasteiger partial charge in [-0.05, 0) is 29.2 Å². The van der Waals surface area contributed by atoms with E-state index in [2.05, 4.69) is 35.6 Å². The molecule has 0 aliphatic heterocycles. The quantitative estimate of drug-likeness (QED) is 0.847. The number of amides is 1. The largest absolute Gasteiger partial charge is 0.354 e. The van der Waals surface area contributed by atoms with Gasteiger partial charge in [0.2, 0.25) is 5.91 Å². The monoisotopic (exact) mass is 270 g/mol. The molecule has 20 heavy (non-hydrogen) atoms. The first-order valence-corrected chi connectivity index (χ1v) is 7.22. The van der Waals surface area contributed by atoms with Crippen molar-refractivity contribution < 1.29 is 4.79 Å². The van der Waals surface area contributed by atoms with Crippen molar-refractivity contribution in [3.05, 3.63) is 48.0 Å². The van der Waals surface area contributed by atoms with Gasteiger partial charge in [0.05, 0.1) is 6.04 Å². The standard InChI is InChI=1S/C17H22N2O/c1-2-6-16(18)17(20)19-12-11-14-9-5-8-13-7-3-4-10-15(13)14/h3-5,7-10,16H,2,6,11-12,18H2,1H3,(H,19,20). The lowest BCUT2D eigenvalue weighted by molar-refractivity contribution is -0.122. The molecule has 0 aliphatic carbocycles. The summed E-state index contributed by atoms with van der Waals surface area (Å²) in [4.78, 5) is 11.8. The van der Waals surface area contributed by atoms with Crippen LogP contribution in [-0.4, -0.2) is 18.5 Å². The van der Waals surface area contributed by atoms with E-state index in [1.807, 2.05) is 19.1 Å². The molecule has 3 N–H and O–H groups in total. The molecule has 3 heteroatoms. The topological polar surface area (TPSA) is 55.1 Å². The Labute approximate surface area is 120 Å². The van der Waals surface area contributed by atoms with Crippen molar-refractivity contribution in [1.29, 1.82) is 0 Å². The number of nitrogens with one attached hydrogen (secondary N) is 1. The van der Waals surface area contributed by atoms with E-state index in [0.717, 1.165) is 19.3 Å². The number of fused-ring (bicyclic) bond motifs is 1. The molecule has 0 aromatic heterocycles. The molecular formula is C17H22N2O. The average Bonchev–Trinajstić information content (AvgIpc) is 2.47. The van der Waals surface area contributed by atoms with Crippen LogP contribution in [0.25, 0.3) is 10.8 Å². The summed E-state index contributed by atoms with van der Waals surface area (Å²) in [5, 5.41) is 5.40. The van der Waals surface area contributed by atoms with Crippen molar-refractivity contribution >= 4 is 16.7 Å². The van der Waals surface area contributed by atoms with Crippen molar-refractivity contribution in [2.45, 2.75) is 32.2 Å². The third-order valence-electron chi connectivity index (χ3n) is 3.51. The first-order chi connectivity index (χ1) is 9.72. The minimum absolute atomic E-state index is 0.0490. The van der Waals surface area contributed by atoms with E-state index in [1.165, 1.54) is 16.3 Å². The van der Waals surface area contributed by atoms with Crippen LogP contribution >= 0.6 is 0 Å². The van der Waals surface area contributed by atoms with E-state index in [1.54, 1.807) is 0 Å². The van der Waals surface area contributed by atoms with E-state index >= 15 is 0 Å². The second kappa shape index (κ2) is 7.06. The molecule has 106 valence electrons. The highest BCUT2D eigenvalue weighted by Crippen LogP contribution is 2.18. The average molecular weight is 270 g/mol. The molecule has 0 bridgehead atoms. The number of carbonyl (C=O) groups excluding carboxylic acids is 1. The summed E-state index contributed by atoms with van der Waals surface area (Å²) in [6.07, 6.45) is 2.49. The number of nitrogens with two attached hydrogens (primary N) is 1. The Morgan fingerprint density at radius 3 is 2.75 bits per heavy atom. The summed E-state index contributed by atoms with van der Waals surface area (Å²) in [5.74, 6) is -0.0490. The number of rotatable bonds is 6. The molecular weight excluding hydrogens is 248 g/mol. The van der Waals surface area contributed by atoms with Gasteiger partial charge < -0.3 is 11.1 Å². The van der Waals surface area contributed by atoms with Crippen LogP contribution in [-0.2, 0) is 11.2 Å². The lowest BCUT2D eigenvalue weighted by Gasteiger charge is -2.12. The Balaban J connectivity index is 1.95. The van der Waals surface area contributed by atoms with Gasteiger partial charge in [0.15, 0.2) is 0 Å². The Kier molecular flexibility index (Phi) is 5.13. The molecule has 0 aliphatic rings. The minimum Gasteiger partial charge on any atom is -0.354 e. The van der Waals surface area contributed by atoms with Crippen LogP contribution in [0.4, 0.5) is 0 Å². The number of hydrogen-bond acceptors (Lipinski definition) is 2. The van der Waals surface area contributed by atoms with Crippen LogP contribution in [0.3, 0.4) is 0 Å². The van der Waals surface area contributed by atoms with Crippen molar-refractivity contribution in [3.63, 3.8) is 0 Å². The summed E-state index contributed by atoms with van der Waals surface area (Å²) >= 11 is 0. The molecule has 0 heterocycles. The van der Waals surface area contributed by atoms with Crippen LogP contribution in [0, 0.1) is 0 Å². The lowest BCUT2D eigenvalue weighted by Crippen LogP contribution is -2.41. The van der Waals surface area contributed by atoms with E-state index in [-0.39, 0.29) is 11.9 Å². The molecule has 0 spiro atoms. The zero-order valence-electron chi connectivity index (χ0n) is 11.9. The zero-order chi connectivity index (χ0) is 14.4. The summed E-state index contributed by atoms with van der Waals surface area (Å²) in [6.45, 7) is 2.66. The van der Waals surface area contributed by atoms with Crippen molar-refractivity contribution in [2.24, 2.45) is 5.73 Å². The van der Waals surface area contributed by atoms with Crippen molar-refractivity contribution in [3.8, 4) is 0 Å². The molecule has 1 unspecified atom stereocenters. The molecule has 1 amide bonds. The molecule has 2 aromatic rings. The third-order valence-corrected chi connectivity index (χ3v) is 3.51. The second-order valence-corrected chi connectivity index (χ2v) is 5.07. The fraction of sp³-hybridized carbons (Fsp3) is 0.353. The summed E-state index contributed by atoms with van der Waals surface area (Å²) in [5.41, 5.74) is 7.04. The van der Waals surface area contributed by atoms with Gasteiger partial charge in [0.25, 0.3) is 0 Å². The van der Waals surface area contributed by atoms with Crippen molar-refractivity contribution in [1.82, 2.24) is 5.32 Å². The molecule has 0 radical (unpaired) electrons. The minimum atomic E-state index is -0.382. The van der Waals surface area contributed by atoms with Crippen LogP contribution < -0.4 is 11.1 Å². The Bertz CT molecular complexity index is 575. The predicted octanol–water partition coefficient (Wildman–Crippen LogP) is 2.63. The van der Waals surface area contributed by atoms with Crippen molar-refractivity contribution in [2.75, 3.05) is 6.54 Å². The van der Waals surface area contributed by atoms with E-state index in [4.69, 9.17) is 5.73 Å². The number of carbonyl (C=O) groups is 1. The fourth-order valence-corrected chi connectivity index (χ4v) is 2.40. The highest BCUT2D eigenvalue weighted by Gasteiger charge is 2.11. The van der Waals surface area contributed by atoms with E-state index < -0.39 is 0 Å². The van der Waals surface area contributed by atoms with E-state index in [0.29, 0.717) is 6.54 Å². The third kappa shape index (κ3) is 3.58. The van der Waals surface area contributed by atoms with Gasteiger partial charge in [-0.2, -0.15) is 0 Å². The Morgan fingerprint density at radius 2 is 1.95 bits per heavy atom. The maximum Gasteiger partial charge on any atom is 0.236 e. The zero-order valence-corrected chi connectivity index (χ0v) is 11.9. The van der Waals surface area contributed by atoms with Crippen LogP contribution in [0.5, 0.6) is 0 Å². The normalized spacial score (nSPS) is 12.3. The molecule has 0 saturated heterocycles. The number of benzene rings is 2. The fourth-order valence-electron chi connectivity index (χ4n) is 2.40. The Hall–Kier alpha value is -1.87. The molecule has 3 nitrogen and oxygen atoms in total. The highest BCUT2D eigenvalue weighted by atomic mass is 16.2. The Morgan fingerprint density at radius 1 is 1.20 bits per heavy atom. The van der Waals surface area contributed by atoms with Gasteiger partial charge in [-0.25, -0.2) is 0 Å². The van der Waals surface area contributed by atoms with Gasteiger partial charge in [-0.15, -0.1) is 0 Å². The molecule has 1 atom stereocenters. The SMILES string of the molecule is CCCC(N)C(=O)NCCc1cccc2ccccc12. The lowest BCUT2D eigenvalue weighted by atomic mass is 10.0. The molecule has 2 aromatic carbocycles. The number of hydrogen-bond donors (Lipinski definition) is 2. The molecule has 0 saturated carbocycles. The van der Waals surface area contributed by atoms with Gasteiger partial charge in [0.1, 0.15) is 0 Å². The van der Waals surface area contributed by atoms with Gasteiger partial charge in [-0.1, -0.05) is 55.8 Å². The highest BCUT2D eigenvalue weighted by molar-refractivity contribution is 5.86. The molecule has 0 fully saturated rings. The van der Waals surface area contributed by atoms with Gasteiger partial charge in [0, 0.05) is 6.54 Å². The van der Waals surface area contributed by atoms with Crippen LogP contribution in [0.1, 0.15) is 25.3 Å². The second-order valence-electron chi connectivity index (χ2n) is 5.07. The maximum absolute atomic E-state index is 11.8. The summed E-state index contributed by atoms with van der Waals surface area (Å²) in [6, 6.07) is 14.2. The first-order valence-electron chi connectivity index (χ1n) is 7.22. The van der Waals surface area contributed by atoms with Gasteiger partial charge >= 0.3 is 0 Å². The van der Waals surface area contributed by atoms with Crippen LogP contribution in [0.2, 0.25) is 0 Å². The van der Waals surface area contributed by atoms with E-state index in [9.17, 15) is 4.79 Å². The summed E-state index contributed by atoms with van der Waals surface area (Å²) < 4.78 is 0. The van der Waals surface area contributed by atoms with Crippen LogP contribution in [0.15, 0.2) is 42.5 Å². The molecule has 2 rings (SSSR count). The smallest absolute Gasteiger partial charge is 0.236 e. The first kappa shape index (κ1) is 14.5.